The minimum absolute atomic E-state index is 0.0377. The van der Waals surface area contributed by atoms with E-state index in [2.05, 4.69) is 66.4 Å². The van der Waals surface area contributed by atoms with Crippen molar-refractivity contribution >= 4 is 5.97 Å². The van der Waals surface area contributed by atoms with Crippen molar-refractivity contribution in [2.75, 3.05) is 13.1 Å². The van der Waals surface area contributed by atoms with Gasteiger partial charge in [0.2, 0.25) is 0 Å². The van der Waals surface area contributed by atoms with Crippen LogP contribution in [0.5, 0.6) is 0 Å². The molecule has 1 unspecified atom stereocenters. The number of carboxylic acid groups (broad SMARTS) is 1. The van der Waals surface area contributed by atoms with Gasteiger partial charge in [0.05, 0.1) is 17.7 Å². The Bertz CT molecular complexity index is 962. The van der Waals surface area contributed by atoms with Crippen LogP contribution in [0.2, 0.25) is 0 Å². The van der Waals surface area contributed by atoms with Gasteiger partial charge in [0.15, 0.2) is 0 Å². The quantitative estimate of drug-likeness (QED) is 0.675. The summed E-state index contributed by atoms with van der Waals surface area (Å²) in [4.78, 5) is 18.5. The number of nitrogens with zero attached hydrogens (tertiary/aromatic N) is 2. The molecular formula is C25H26N2O2. The molecule has 29 heavy (non-hydrogen) atoms. The molecule has 1 N–H and O–H groups in total. The molecule has 1 aromatic heterocycles. The van der Waals surface area contributed by atoms with Crippen molar-refractivity contribution in [3.05, 3.63) is 89.7 Å². The topological polar surface area (TPSA) is 53.4 Å². The van der Waals surface area contributed by atoms with Gasteiger partial charge in [-0.2, -0.15) is 0 Å². The van der Waals surface area contributed by atoms with Crippen molar-refractivity contribution in [1.29, 1.82) is 0 Å². The van der Waals surface area contributed by atoms with E-state index in [0.717, 1.165) is 24.3 Å². The standard InChI is InChI=1S/C25H26N2O2/c1-18-6-5-15-26-23(18)24(27-16-13-22(14-17-27)25(28)29)21-11-9-20(10-12-21)19-7-3-2-4-8-19/h2-12,15,22,24H,13-14,16-17H2,1H3,(H,28,29). The Morgan fingerprint density at radius 2 is 1.62 bits per heavy atom. The van der Waals surface area contributed by atoms with Gasteiger partial charge in [-0.25, -0.2) is 0 Å². The van der Waals surface area contributed by atoms with Crippen LogP contribution in [0.3, 0.4) is 0 Å². The van der Waals surface area contributed by atoms with Crippen molar-refractivity contribution in [3.8, 4) is 11.1 Å². The van der Waals surface area contributed by atoms with E-state index in [1.54, 1.807) is 0 Å². The van der Waals surface area contributed by atoms with E-state index >= 15 is 0 Å². The highest BCUT2D eigenvalue weighted by atomic mass is 16.4. The van der Waals surface area contributed by atoms with Crippen molar-refractivity contribution in [2.24, 2.45) is 5.92 Å². The Morgan fingerprint density at radius 3 is 2.24 bits per heavy atom. The average molecular weight is 386 g/mol. The maximum atomic E-state index is 11.4. The van der Waals surface area contributed by atoms with Crippen LogP contribution < -0.4 is 0 Å². The summed E-state index contributed by atoms with van der Waals surface area (Å²) in [6.07, 6.45) is 3.21. The molecule has 1 aliphatic rings. The number of carboxylic acids is 1. The highest BCUT2D eigenvalue weighted by molar-refractivity contribution is 5.70. The first-order valence-corrected chi connectivity index (χ1v) is 10.2. The lowest BCUT2D eigenvalue weighted by atomic mass is 9.91. The number of benzene rings is 2. The second kappa shape index (κ2) is 8.58. The zero-order valence-electron chi connectivity index (χ0n) is 16.7. The highest BCUT2D eigenvalue weighted by Crippen LogP contribution is 2.34. The first kappa shape index (κ1) is 19.3. The fourth-order valence-corrected chi connectivity index (χ4v) is 4.22. The van der Waals surface area contributed by atoms with E-state index in [0.29, 0.717) is 12.8 Å². The molecule has 3 aromatic rings. The summed E-state index contributed by atoms with van der Waals surface area (Å²) >= 11 is 0. The normalized spacial score (nSPS) is 16.4. The molecule has 1 fully saturated rings. The fourth-order valence-electron chi connectivity index (χ4n) is 4.22. The molecular weight excluding hydrogens is 360 g/mol. The number of hydrogen-bond acceptors (Lipinski definition) is 3. The Balaban J connectivity index is 1.66. The SMILES string of the molecule is Cc1cccnc1C(c1ccc(-c2ccccc2)cc1)N1CCC(C(=O)O)CC1. The summed E-state index contributed by atoms with van der Waals surface area (Å²) in [7, 11) is 0. The largest absolute Gasteiger partial charge is 0.481 e. The number of aliphatic carboxylic acids is 1. The van der Waals surface area contributed by atoms with Gasteiger partial charge in [0.1, 0.15) is 0 Å². The Morgan fingerprint density at radius 1 is 0.966 bits per heavy atom. The third-order valence-corrected chi connectivity index (χ3v) is 5.89. The highest BCUT2D eigenvalue weighted by Gasteiger charge is 2.31. The maximum Gasteiger partial charge on any atom is 0.306 e. The number of aryl methyl sites for hydroxylation is 1. The molecule has 4 nitrogen and oxygen atoms in total. The number of aromatic nitrogens is 1. The van der Waals surface area contributed by atoms with Gasteiger partial charge < -0.3 is 5.11 Å². The Hall–Kier alpha value is -2.98. The van der Waals surface area contributed by atoms with Gasteiger partial charge in [0.25, 0.3) is 0 Å². The zero-order valence-corrected chi connectivity index (χ0v) is 16.7. The van der Waals surface area contributed by atoms with Crippen molar-refractivity contribution in [3.63, 3.8) is 0 Å². The van der Waals surface area contributed by atoms with Crippen LogP contribution >= 0.6 is 0 Å². The van der Waals surface area contributed by atoms with E-state index in [1.165, 1.54) is 16.7 Å². The first-order chi connectivity index (χ1) is 14.1. The van der Waals surface area contributed by atoms with Gasteiger partial charge >= 0.3 is 5.97 Å². The second-order valence-electron chi connectivity index (χ2n) is 7.74. The van der Waals surface area contributed by atoms with Gasteiger partial charge in [-0.3, -0.25) is 14.7 Å². The second-order valence-corrected chi connectivity index (χ2v) is 7.74. The molecule has 0 saturated carbocycles. The monoisotopic (exact) mass is 386 g/mol. The molecule has 1 atom stereocenters. The molecule has 2 aromatic carbocycles. The average Bonchev–Trinajstić information content (AvgIpc) is 2.77. The summed E-state index contributed by atoms with van der Waals surface area (Å²) in [6, 6.07) is 23.2. The summed E-state index contributed by atoms with van der Waals surface area (Å²) in [5, 5.41) is 9.35. The van der Waals surface area contributed by atoms with Crippen LogP contribution in [0, 0.1) is 12.8 Å². The number of likely N-dealkylation sites (tertiary alicyclic amines) is 1. The Labute approximate surface area is 171 Å². The van der Waals surface area contributed by atoms with Crippen molar-refractivity contribution in [1.82, 2.24) is 9.88 Å². The van der Waals surface area contributed by atoms with Gasteiger partial charge in [-0.15, -0.1) is 0 Å². The maximum absolute atomic E-state index is 11.4. The first-order valence-electron chi connectivity index (χ1n) is 10.2. The molecule has 0 aliphatic carbocycles. The smallest absolute Gasteiger partial charge is 0.306 e. The van der Waals surface area contributed by atoms with E-state index in [-0.39, 0.29) is 12.0 Å². The van der Waals surface area contributed by atoms with E-state index in [4.69, 9.17) is 4.98 Å². The van der Waals surface area contributed by atoms with E-state index in [1.807, 2.05) is 18.3 Å². The van der Waals surface area contributed by atoms with Crippen LogP contribution in [0.4, 0.5) is 0 Å². The predicted octanol–water partition coefficient (Wildman–Crippen LogP) is 4.94. The number of rotatable bonds is 5. The van der Waals surface area contributed by atoms with E-state index < -0.39 is 5.97 Å². The minimum Gasteiger partial charge on any atom is -0.481 e. The fraction of sp³-hybridized carbons (Fsp3) is 0.280. The molecule has 0 bridgehead atoms. The van der Waals surface area contributed by atoms with Gasteiger partial charge in [0, 0.05) is 6.20 Å². The van der Waals surface area contributed by atoms with Crippen LogP contribution in [0.25, 0.3) is 11.1 Å². The molecule has 1 aliphatic heterocycles. The molecule has 0 spiro atoms. The molecule has 1 saturated heterocycles. The summed E-state index contributed by atoms with van der Waals surface area (Å²) in [5.41, 5.74) is 5.79. The summed E-state index contributed by atoms with van der Waals surface area (Å²) < 4.78 is 0. The molecule has 4 heteroatoms. The van der Waals surface area contributed by atoms with Crippen LogP contribution in [0.15, 0.2) is 72.9 Å². The molecule has 0 radical (unpaired) electrons. The lowest BCUT2D eigenvalue weighted by molar-refractivity contribution is -0.143. The van der Waals surface area contributed by atoms with Gasteiger partial charge in [-0.05, 0) is 61.2 Å². The third kappa shape index (κ3) is 4.22. The van der Waals surface area contributed by atoms with Crippen LogP contribution in [0.1, 0.15) is 35.7 Å². The lowest BCUT2D eigenvalue weighted by Crippen LogP contribution is -2.39. The van der Waals surface area contributed by atoms with Crippen LogP contribution in [-0.4, -0.2) is 34.0 Å². The number of piperidine rings is 1. The lowest BCUT2D eigenvalue weighted by Gasteiger charge is -2.37. The number of carbonyl (C=O) groups is 1. The number of pyridine rings is 1. The predicted molar refractivity (Wildman–Crippen MR) is 115 cm³/mol. The minimum atomic E-state index is -0.678. The van der Waals surface area contributed by atoms with Gasteiger partial charge in [-0.1, -0.05) is 60.7 Å². The summed E-state index contributed by atoms with van der Waals surface area (Å²) in [5.74, 6) is -0.917. The zero-order chi connectivity index (χ0) is 20.2. The van der Waals surface area contributed by atoms with Crippen molar-refractivity contribution in [2.45, 2.75) is 25.8 Å². The summed E-state index contributed by atoms with van der Waals surface area (Å²) in [6.45, 7) is 3.62. The molecule has 2 heterocycles. The molecule has 4 rings (SSSR count). The Kier molecular flexibility index (Phi) is 5.72. The van der Waals surface area contributed by atoms with Crippen LogP contribution in [-0.2, 0) is 4.79 Å². The van der Waals surface area contributed by atoms with Crippen molar-refractivity contribution < 1.29 is 9.90 Å². The van der Waals surface area contributed by atoms with E-state index in [9.17, 15) is 9.90 Å². The molecule has 0 amide bonds. The number of hydrogen-bond donors (Lipinski definition) is 1. The third-order valence-electron chi connectivity index (χ3n) is 5.89. The molecule has 148 valence electrons.